The molecule has 0 radical (unpaired) electrons. The molecule has 112 valence electrons. The first kappa shape index (κ1) is 16.4. The van der Waals surface area contributed by atoms with Crippen LogP contribution in [0.15, 0.2) is 12.3 Å². The molecule has 6 nitrogen and oxygen atoms in total. The number of amides is 1. The summed E-state index contributed by atoms with van der Waals surface area (Å²) < 4.78 is 0. The van der Waals surface area contributed by atoms with Crippen molar-refractivity contribution in [2.24, 2.45) is 0 Å². The molecule has 0 saturated heterocycles. The topological polar surface area (TPSA) is 61.4 Å². The van der Waals surface area contributed by atoms with Crippen molar-refractivity contribution in [1.82, 2.24) is 20.2 Å². The Kier molecular flexibility index (Phi) is 6.93. The molecule has 20 heavy (non-hydrogen) atoms. The zero-order valence-corrected chi connectivity index (χ0v) is 12.9. The van der Waals surface area contributed by atoms with Gasteiger partial charge in [0.2, 0.25) is 5.95 Å². The van der Waals surface area contributed by atoms with Crippen molar-refractivity contribution >= 4 is 11.9 Å². The molecule has 1 aromatic rings. The Morgan fingerprint density at radius 3 is 2.60 bits per heavy atom. The molecule has 0 aliphatic heterocycles. The van der Waals surface area contributed by atoms with Gasteiger partial charge in [0.25, 0.3) is 5.91 Å². The largest absolute Gasteiger partial charge is 0.351 e. The first-order chi connectivity index (χ1) is 9.58. The van der Waals surface area contributed by atoms with Crippen LogP contribution in [0.1, 0.15) is 30.8 Å². The van der Waals surface area contributed by atoms with Crippen LogP contribution in [-0.2, 0) is 0 Å². The van der Waals surface area contributed by atoms with Gasteiger partial charge >= 0.3 is 0 Å². The number of hydrogen-bond acceptors (Lipinski definition) is 5. The number of anilines is 1. The molecule has 0 atom stereocenters. The fourth-order valence-electron chi connectivity index (χ4n) is 1.82. The third-order valence-corrected chi connectivity index (χ3v) is 2.99. The zero-order valence-electron chi connectivity index (χ0n) is 12.9. The standard InChI is InChI=1S/C14H25N5O/c1-5-19(6-2)14-16-10-8-12(17-14)13(20)15-9-7-11-18(3)4/h8,10H,5-7,9,11H2,1-4H3,(H,15,20). The van der Waals surface area contributed by atoms with Crippen LogP contribution in [-0.4, -0.2) is 61.0 Å². The van der Waals surface area contributed by atoms with E-state index in [-0.39, 0.29) is 5.91 Å². The van der Waals surface area contributed by atoms with Crippen molar-refractivity contribution in [3.8, 4) is 0 Å². The molecule has 0 saturated carbocycles. The van der Waals surface area contributed by atoms with E-state index in [9.17, 15) is 4.79 Å². The van der Waals surface area contributed by atoms with E-state index in [2.05, 4.69) is 20.2 Å². The fourth-order valence-corrected chi connectivity index (χ4v) is 1.82. The van der Waals surface area contributed by atoms with Gasteiger partial charge in [0, 0.05) is 25.8 Å². The lowest BCUT2D eigenvalue weighted by atomic mass is 10.3. The third-order valence-electron chi connectivity index (χ3n) is 2.99. The average Bonchev–Trinajstić information content (AvgIpc) is 2.45. The second-order valence-electron chi connectivity index (χ2n) is 4.83. The maximum Gasteiger partial charge on any atom is 0.270 e. The molecule has 0 spiro atoms. The van der Waals surface area contributed by atoms with Gasteiger partial charge in [-0.25, -0.2) is 9.97 Å². The summed E-state index contributed by atoms with van der Waals surface area (Å²) in [4.78, 5) is 24.6. The number of nitrogens with zero attached hydrogens (tertiary/aromatic N) is 4. The van der Waals surface area contributed by atoms with Crippen LogP contribution in [0.3, 0.4) is 0 Å². The molecule has 0 bridgehead atoms. The number of aromatic nitrogens is 2. The van der Waals surface area contributed by atoms with E-state index in [0.29, 0.717) is 18.2 Å². The monoisotopic (exact) mass is 279 g/mol. The van der Waals surface area contributed by atoms with E-state index >= 15 is 0 Å². The Balaban J connectivity index is 2.58. The molecule has 1 rings (SSSR count). The van der Waals surface area contributed by atoms with Crippen molar-refractivity contribution in [2.45, 2.75) is 20.3 Å². The van der Waals surface area contributed by atoms with Gasteiger partial charge in [0.15, 0.2) is 0 Å². The van der Waals surface area contributed by atoms with Crippen molar-refractivity contribution < 1.29 is 4.79 Å². The minimum Gasteiger partial charge on any atom is -0.351 e. The summed E-state index contributed by atoms with van der Waals surface area (Å²) >= 11 is 0. The highest BCUT2D eigenvalue weighted by molar-refractivity contribution is 5.92. The lowest BCUT2D eigenvalue weighted by molar-refractivity contribution is 0.0947. The van der Waals surface area contributed by atoms with Crippen molar-refractivity contribution in [3.05, 3.63) is 18.0 Å². The number of rotatable bonds is 8. The summed E-state index contributed by atoms with van der Waals surface area (Å²) in [5.74, 6) is 0.468. The maximum absolute atomic E-state index is 12.0. The van der Waals surface area contributed by atoms with E-state index in [1.54, 1.807) is 12.3 Å². The number of nitrogens with one attached hydrogen (secondary N) is 1. The molecular formula is C14H25N5O. The third kappa shape index (κ3) is 5.13. The van der Waals surface area contributed by atoms with Gasteiger partial charge < -0.3 is 15.1 Å². The Morgan fingerprint density at radius 1 is 1.30 bits per heavy atom. The lowest BCUT2D eigenvalue weighted by Crippen LogP contribution is -2.29. The van der Waals surface area contributed by atoms with E-state index in [1.807, 2.05) is 32.8 Å². The second-order valence-corrected chi connectivity index (χ2v) is 4.83. The van der Waals surface area contributed by atoms with Crippen LogP contribution in [0, 0.1) is 0 Å². The number of hydrogen-bond donors (Lipinski definition) is 1. The summed E-state index contributed by atoms with van der Waals surface area (Å²) in [6.07, 6.45) is 2.56. The molecular weight excluding hydrogens is 254 g/mol. The molecule has 1 amide bonds. The molecule has 0 aliphatic rings. The highest BCUT2D eigenvalue weighted by atomic mass is 16.1. The van der Waals surface area contributed by atoms with Crippen LogP contribution >= 0.6 is 0 Å². The molecule has 1 N–H and O–H groups in total. The SMILES string of the molecule is CCN(CC)c1nccc(C(=O)NCCCN(C)C)n1. The Hall–Kier alpha value is -1.69. The lowest BCUT2D eigenvalue weighted by Gasteiger charge is -2.18. The normalized spacial score (nSPS) is 10.7. The minimum atomic E-state index is -0.139. The number of carbonyl (C=O) groups is 1. The molecule has 0 fully saturated rings. The van der Waals surface area contributed by atoms with Crippen molar-refractivity contribution in [2.75, 3.05) is 45.2 Å². The second kappa shape index (κ2) is 8.47. The van der Waals surface area contributed by atoms with E-state index in [4.69, 9.17) is 0 Å². The predicted octanol–water partition coefficient (Wildman–Crippen LogP) is 1.00. The summed E-state index contributed by atoms with van der Waals surface area (Å²) in [5.41, 5.74) is 0.423. The highest BCUT2D eigenvalue weighted by Crippen LogP contribution is 2.06. The van der Waals surface area contributed by atoms with Gasteiger partial charge in [-0.05, 0) is 47.0 Å². The van der Waals surface area contributed by atoms with Gasteiger partial charge in [-0.2, -0.15) is 0 Å². The van der Waals surface area contributed by atoms with E-state index in [0.717, 1.165) is 26.1 Å². The van der Waals surface area contributed by atoms with Crippen LogP contribution in [0.25, 0.3) is 0 Å². The van der Waals surface area contributed by atoms with Crippen LogP contribution in [0.2, 0.25) is 0 Å². The minimum absolute atomic E-state index is 0.139. The smallest absolute Gasteiger partial charge is 0.270 e. The summed E-state index contributed by atoms with van der Waals surface area (Å²) in [7, 11) is 4.03. The Labute approximate surface area is 121 Å². The van der Waals surface area contributed by atoms with Crippen LogP contribution < -0.4 is 10.2 Å². The van der Waals surface area contributed by atoms with Crippen molar-refractivity contribution in [1.29, 1.82) is 0 Å². The Bertz CT molecular complexity index is 418. The molecule has 0 unspecified atom stereocenters. The summed E-state index contributed by atoms with van der Waals surface area (Å²) in [6, 6.07) is 1.65. The number of carbonyl (C=O) groups excluding carboxylic acids is 1. The van der Waals surface area contributed by atoms with Gasteiger partial charge in [0.1, 0.15) is 5.69 Å². The zero-order chi connectivity index (χ0) is 15.0. The van der Waals surface area contributed by atoms with Gasteiger partial charge in [-0.1, -0.05) is 0 Å². The first-order valence-electron chi connectivity index (χ1n) is 7.09. The maximum atomic E-state index is 12.0. The van der Waals surface area contributed by atoms with Crippen LogP contribution in [0.4, 0.5) is 5.95 Å². The predicted molar refractivity (Wildman–Crippen MR) is 81.1 cm³/mol. The molecule has 1 heterocycles. The van der Waals surface area contributed by atoms with Gasteiger partial charge in [0.05, 0.1) is 0 Å². The molecule has 1 aromatic heterocycles. The first-order valence-corrected chi connectivity index (χ1v) is 7.09. The van der Waals surface area contributed by atoms with E-state index in [1.165, 1.54) is 0 Å². The van der Waals surface area contributed by atoms with E-state index < -0.39 is 0 Å². The van der Waals surface area contributed by atoms with Crippen molar-refractivity contribution in [3.63, 3.8) is 0 Å². The van der Waals surface area contributed by atoms with Crippen LogP contribution in [0.5, 0.6) is 0 Å². The highest BCUT2D eigenvalue weighted by Gasteiger charge is 2.11. The van der Waals surface area contributed by atoms with Gasteiger partial charge in [-0.15, -0.1) is 0 Å². The fraction of sp³-hybridized carbons (Fsp3) is 0.643. The molecule has 0 aromatic carbocycles. The average molecular weight is 279 g/mol. The quantitative estimate of drug-likeness (QED) is 0.720. The summed E-state index contributed by atoms with van der Waals surface area (Å²) in [5, 5.41) is 2.88. The van der Waals surface area contributed by atoms with Gasteiger partial charge in [-0.3, -0.25) is 4.79 Å². The molecule has 6 heteroatoms. The Morgan fingerprint density at radius 2 is 2.00 bits per heavy atom. The summed E-state index contributed by atoms with van der Waals surface area (Å²) in [6.45, 7) is 7.34. The molecule has 0 aliphatic carbocycles.